The van der Waals surface area contributed by atoms with Gasteiger partial charge < -0.3 is 9.72 Å². The first-order valence-corrected chi connectivity index (χ1v) is 9.25. The molecular formula is C21H18ClFN4O. The average molecular weight is 397 g/mol. The van der Waals surface area contributed by atoms with Crippen LogP contribution in [0.4, 0.5) is 4.39 Å². The number of ether oxygens (including phenoxy) is 1. The first-order valence-electron chi connectivity index (χ1n) is 8.87. The summed E-state index contributed by atoms with van der Waals surface area (Å²) in [5.41, 5.74) is 3.98. The Morgan fingerprint density at radius 2 is 1.96 bits per heavy atom. The molecule has 4 rings (SSSR count). The van der Waals surface area contributed by atoms with Crippen molar-refractivity contribution < 1.29 is 9.13 Å². The van der Waals surface area contributed by atoms with E-state index in [1.165, 1.54) is 0 Å². The lowest BCUT2D eigenvalue weighted by atomic mass is 10.0. The smallest absolute Gasteiger partial charge is 0.216 e. The molecule has 0 atom stereocenters. The second-order valence-corrected chi connectivity index (χ2v) is 6.89. The molecule has 142 valence electrons. The SMILES string of the molecule is COc1cnc2[nH]cc(Cc3ccc(CCc4ccc(Cl)nc4)nc3F)c2c1. The summed E-state index contributed by atoms with van der Waals surface area (Å²) in [6, 6.07) is 9.23. The first-order chi connectivity index (χ1) is 13.6. The molecule has 1 N–H and O–H groups in total. The molecule has 0 spiro atoms. The Hall–Kier alpha value is -2.99. The van der Waals surface area contributed by atoms with Crippen molar-refractivity contribution in [3.63, 3.8) is 0 Å². The van der Waals surface area contributed by atoms with Crippen LogP contribution in [0.5, 0.6) is 5.75 Å². The number of pyridine rings is 3. The van der Waals surface area contributed by atoms with Crippen molar-refractivity contribution in [1.82, 2.24) is 19.9 Å². The minimum absolute atomic E-state index is 0.426. The van der Waals surface area contributed by atoms with E-state index in [1.54, 1.807) is 31.6 Å². The molecule has 0 aliphatic carbocycles. The van der Waals surface area contributed by atoms with Crippen LogP contribution in [-0.4, -0.2) is 27.0 Å². The Kier molecular flexibility index (Phi) is 5.21. The molecule has 0 aliphatic rings. The number of aryl methyl sites for hydroxylation is 2. The van der Waals surface area contributed by atoms with E-state index in [1.807, 2.05) is 24.4 Å². The van der Waals surface area contributed by atoms with Crippen LogP contribution in [0.3, 0.4) is 0 Å². The van der Waals surface area contributed by atoms with Gasteiger partial charge in [0.2, 0.25) is 5.95 Å². The van der Waals surface area contributed by atoms with E-state index in [9.17, 15) is 4.39 Å². The molecule has 0 saturated heterocycles. The van der Waals surface area contributed by atoms with Gasteiger partial charge >= 0.3 is 0 Å². The van der Waals surface area contributed by atoms with Gasteiger partial charge in [0.15, 0.2) is 0 Å². The number of nitrogens with zero attached hydrogens (tertiary/aromatic N) is 3. The number of aromatic amines is 1. The lowest BCUT2D eigenvalue weighted by Crippen LogP contribution is -2.01. The fourth-order valence-corrected chi connectivity index (χ4v) is 3.21. The molecule has 0 fully saturated rings. The summed E-state index contributed by atoms with van der Waals surface area (Å²) in [5.74, 6) is 0.218. The Morgan fingerprint density at radius 3 is 2.71 bits per heavy atom. The van der Waals surface area contributed by atoms with Crippen molar-refractivity contribution in [2.24, 2.45) is 0 Å². The minimum Gasteiger partial charge on any atom is -0.495 e. The summed E-state index contributed by atoms with van der Waals surface area (Å²) in [6.07, 6.45) is 7.01. The maximum atomic E-state index is 14.6. The number of nitrogens with one attached hydrogen (secondary N) is 1. The van der Waals surface area contributed by atoms with Gasteiger partial charge in [-0.25, -0.2) is 15.0 Å². The maximum absolute atomic E-state index is 14.6. The molecule has 4 aromatic rings. The van der Waals surface area contributed by atoms with Crippen molar-refractivity contribution in [3.8, 4) is 5.75 Å². The number of aromatic nitrogens is 4. The predicted molar refractivity (Wildman–Crippen MR) is 106 cm³/mol. The van der Waals surface area contributed by atoms with Crippen molar-refractivity contribution >= 4 is 22.6 Å². The van der Waals surface area contributed by atoms with Crippen molar-refractivity contribution in [3.05, 3.63) is 82.4 Å². The lowest BCUT2D eigenvalue weighted by molar-refractivity contribution is 0.413. The van der Waals surface area contributed by atoms with Gasteiger partial charge in [-0.3, -0.25) is 0 Å². The van der Waals surface area contributed by atoms with Crippen molar-refractivity contribution in [2.75, 3.05) is 7.11 Å². The molecule has 0 bridgehead atoms. The molecule has 0 unspecified atom stereocenters. The van der Waals surface area contributed by atoms with E-state index < -0.39 is 5.95 Å². The third-order valence-electron chi connectivity index (χ3n) is 4.65. The van der Waals surface area contributed by atoms with Gasteiger partial charge in [0.25, 0.3) is 0 Å². The van der Waals surface area contributed by atoms with Gasteiger partial charge in [-0.05, 0) is 42.2 Å². The highest BCUT2D eigenvalue weighted by atomic mass is 35.5. The van der Waals surface area contributed by atoms with Crippen LogP contribution in [0, 0.1) is 5.95 Å². The zero-order valence-corrected chi connectivity index (χ0v) is 16.0. The van der Waals surface area contributed by atoms with Gasteiger partial charge in [0.05, 0.1) is 13.3 Å². The Labute approximate surface area is 166 Å². The van der Waals surface area contributed by atoms with Crippen LogP contribution in [0.1, 0.15) is 22.4 Å². The Bertz CT molecular complexity index is 1110. The number of fused-ring (bicyclic) bond motifs is 1. The highest BCUT2D eigenvalue weighted by Crippen LogP contribution is 2.24. The van der Waals surface area contributed by atoms with E-state index in [2.05, 4.69) is 19.9 Å². The van der Waals surface area contributed by atoms with Crippen LogP contribution in [0.2, 0.25) is 5.15 Å². The number of hydrogen-bond donors (Lipinski definition) is 1. The molecule has 5 nitrogen and oxygen atoms in total. The summed E-state index contributed by atoms with van der Waals surface area (Å²) >= 11 is 5.79. The van der Waals surface area contributed by atoms with Gasteiger partial charge in [-0.1, -0.05) is 23.7 Å². The minimum atomic E-state index is -0.447. The molecular weight excluding hydrogens is 379 g/mol. The lowest BCUT2D eigenvalue weighted by Gasteiger charge is -2.06. The topological polar surface area (TPSA) is 63.7 Å². The molecule has 7 heteroatoms. The standard InChI is InChI=1S/C21H18ClFN4O/c1-28-17-9-18-15(11-25-21(18)26-12-17)8-14-4-6-16(27-20(14)23)5-2-13-3-7-19(22)24-10-13/h3-4,6-7,9-12H,2,5,8H2,1H3,(H,25,26). The van der Waals surface area contributed by atoms with Crippen LogP contribution in [-0.2, 0) is 19.3 Å². The zero-order chi connectivity index (χ0) is 19.5. The average Bonchev–Trinajstić information content (AvgIpc) is 3.11. The summed E-state index contributed by atoms with van der Waals surface area (Å²) in [6.45, 7) is 0. The quantitative estimate of drug-likeness (QED) is 0.486. The van der Waals surface area contributed by atoms with E-state index in [4.69, 9.17) is 16.3 Å². The fourth-order valence-electron chi connectivity index (χ4n) is 3.10. The van der Waals surface area contributed by atoms with Gasteiger partial charge in [0, 0.05) is 35.5 Å². The Balaban J connectivity index is 1.49. The van der Waals surface area contributed by atoms with E-state index in [-0.39, 0.29) is 0 Å². The summed E-state index contributed by atoms with van der Waals surface area (Å²) < 4.78 is 19.8. The highest BCUT2D eigenvalue weighted by molar-refractivity contribution is 6.29. The molecule has 0 saturated carbocycles. The number of halogens is 2. The third kappa shape index (κ3) is 3.97. The normalized spacial score (nSPS) is 11.1. The second-order valence-electron chi connectivity index (χ2n) is 6.50. The third-order valence-corrected chi connectivity index (χ3v) is 4.87. The predicted octanol–water partition coefficient (Wildman–Crippen LogP) is 4.53. The van der Waals surface area contributed by atoms with Crippen LogP contribution < -0.4 is 4.74 Å². The molecule has 28 heavy (non-hydrogen) atoms. The molecule has 4 aromatic heterocycles. The van der Waals surface area contributed by atoms with Crippen LogP contribution in [0.25, 0.3) is 11.0 Å². The van der Waals surface area contributed by atoms with Crippen LogP contribution in [0.15, 0.2) is 48.9 Å². The summed E-state index contributed by atoms with van der Waals surface area (Å²) in [4.78, 5) is 15.6. The number of hydrogen-bond acceptors (Lipinski definition) is 4. The van der Waals surface area contributed by atoms with Gasteiger partial charge in [-0.2, -0.15) is 4.39 Å². The van der Waals surface area contributed by atoms with E-state index in [0.717, 1.165) is 28.6 Å². The molecule has 4 heterocycles. The largest absolute Gasteiger partial charge is 0.495 e. The molecule has 0 aliphatic heterocycles. The number of methoxy groups -OCH3 is 1. The first kappa shape index (κ1) is 18.4. The zero-order valence-electron chi connectivity index (χ0n) is 15.2. The molecule has 0 amide bonds. The maximum Gasteiger partial charge on any atom is 0.216 e. The Morgan fingerprint density at radius 1 is 1.07 bits per heavy atom. The highest BCUT2D eigenvalue weighted by Gasteiger charge is 2.11. The molecule has 0 aromatic carbocycles. The van der Waals surface area contributed by atoms with Crippen molar-refractivity contribution in [1.29, 1.82) is 0 Å². The van der Waals surface area contributed by atoms with Crippen molar-refractivity contribution in [2.45, 2.75) is 19.3 Å². The summed E-state index contributed by atoms with van der Waals surface area (Å²) in [5, 5.41) is 1.38. The fraction of sp³-hybridized carbons (Fsp3) is 0.190. The van der Waals surface area contributed by atoms with Gasteiger partial charge in [0.1, 0.15) is 16.5 Å². The second kappa shape index (κ2) is 7.94. The van der Waals surface area contributed by atoms with Gasteiger partial charge in [-0.15, -0.1) is 0 Å². The van der Waals surface area contributed by atoms with E-state index in [0.29, 0.717) is 35.0 Å². The summed E-state index contributed by atoms with van der Waals surface area (Å²) in [7, 11) is 1.59. The van der Waals surface area contributed by atoms with Crippen LogP contribution >= 0.6 is 11.6 Å². The number of rotatable bonds is 6. The molecule has 0 radical (unpaired) electrons. The van der Waals surface area contributed by atoms with E-state index >= 15 is 0 Å². The monoisotopic (exact) mass is 396 g/mol. The number of H-pyrrole nitrogens is 1.